The second kappa shape index (κ2) is 6.24. The molecule has 0 unspecified atom stereocenters. The minimum atomic E-state index is -0.0992. The number of para-hydroxylation sites is 1. The van der Waals surface area contributed by atoms with Crippen molar-refractivity contribution in [1.82, 2.24) is 0 Å². The van der Waals surface area contributed by atoms with Gasteiger partial charge in [0.05, 0.1) is 12.2 Å². The molecule has 2 aromatic rings. The molecule has 0 saturated heterocycles. The number of anilines is 1. The van der Waals surface area contributed by atoms with E-state index in [4.69, 9.17) is 10.5 Å². The van der Waals surface area contributed by atoms with Crippen LogP contribution in [-0.2, 0) is 0 Å². The number of aryl methyl sites for hydroxylation is 1. The highest BCUT2D eigenvalue weighted by molar-refractivity contribution is 6.13. The van der Waals surface area contributed by atoms with E-state index >= 15 is 0 Å². The first-order chi connectivity index (χ1) is 9.63. The minimum Gasteiger partial charge on any atom is -0.493 e. The summed E-state index contributed by atoms with van der Waals surface area (Å²) >= 11 is 0. The highest BCUT2D eigenvalue weighted by Crippen LogP contribution is 2.25. The molecule has 104 valence electrons. The number of hydrogen-bond acceptors (Lipinski definition) is 3. The molecular weight excluding hydrogens is 250 g/mol. The van der Waals surface area contributed by atoms with Crippen LogP contribution < -0.4 is 10.5 Å². The lowest BCUT2D eigenvalue weighted by Gasteiger charge is -2.11. The predicted octanol–water partition coefficient (Wildman–Crippen LogP) is 3.60. The zero-order valence-electron chi connectivity index (χ0n) is 11.8. The second-order valence-electron chi connectivity index (χ2n) is 4.76. The highest BCUT2D eigenvalue weighted by atomic mass is 16.5. The maximum Gasteiger partial charge on any atom is 0.198 e. The summed E-state index contributed by atoms with van der Waals surface area (Å²) in [6.45, 7) is 4.56. The van der Waals surface area contributed by atoms with E-state index < -0.39 is 0 Å². The summed E-state index contributed by atoms with van der Waals surface area (Å²) in [7, 11) is 0. The van der Waals surface area contributed by atoms with Crippen molar-refractivity contribution in [2.45, 2.75) is 20.3 Å². The van der Waals surface area contributed by atoms with Gasteiger partial charge in [-0.2, -0.15) is 0 Å². The van der Waals surface area contributed by atoms with Crippen molar-refractivity contribution in [2.75, 3.05) is 12.3 Å². The van der Waals surface area contributed by atoms with Crippen LogP contribution in [0.2, 0.25) is 0 Å². The summed E-state index contributed by atoms with van der Waals surface area (Å²) in [6.07, 6.45) is 0.898. The number of rotatable bonds is 5. The maximum atomic E-state index is 12.6. The summed E-state index contributed by atoms with van der Waals surface area (Å²) in [5.74, 6) is 0.512. The Morgan fingerprint density at radius 3 is 2.65 bits per heavy atom. The largest absolute Gasteiger partial charge is 0.493 e. The molecule has 0 saturated carbocycles. The third-order valence-electron chi connectivity index (χ3n) is 3.05. The fourth-order valence-electron chi connectivity index (χ4n) is 2.00. The number of benzene rings is 2. The van der Waals surface area contributed by atoms with Gasteiger partial charge in [0, 0.05) is 11.3 Å². The van der Waals surface area contributed by atoms with Crippen molar-refractivity contribution in [3.05, 3.63) is 59.2 Å². The number of nitrogen functional groups attached to an aromatic ring is 1. The quantitative estimate of drug-likeness (QED) is 0.666. The first kappa shape index (κ1) is 14.1. The fraction of sp³-hybridized carbons (Fsp3) is 0.235. The van der Waals surface area contributed by atoms with Gasteiger partial charge in [-0.3, -0.25) is 4.79 Å². The van der Waals surface area contributed by atoms with Crippen LogP contribution in [0.3, 0.4) is 0 Å². The van der Waals surface area contributed by atoms with E-state index in [2.05, 4.69) is 0 Å². The van der Waals surface area contributed by atoms with Crippen molar-refractivity contribution in [3.63, 3.8) is 0 Å². The molecule has 2 N–H and O–H groups in total. The first-order valence-electron chi connectivity index (χ1n) is 6.76. The van der Waals surface area contributed by atoms with Crippen LogP contribution in [0.25, 0.3) is 0 Å². The molecule has 3 nitrogen and oxygen atoms in total. The Bertz CT molecular complexity index is 620. The van der Waals surface area contributed by atoms with E-state index in [0.717, 1.165) is 12.0 Å². The van der Waals surface area contributed by atoms with Crippen LogP contribution in [0.1, 0.15) is 34.8 Å². The van der Waals surface area contributed by atoms with E-state index in [1.54, 1.807) is 12.1 Å². The van der Waals surface area contributed by atoms with E-state index in [9.17, 15) is 4.79 Å². The first-order valence-corrected chi connectivity index (χ1v) is 6.76. The number of carbonyl (C=O) groups is 1. The van der Waals surface area contributed by atoms with Gasteiger partial charge in [-0.15, -0.1) is 0 Å². The summed E-state index contributed by atoms with van der Waals surface area (Å²) < 4.78 is 5.64. The van der Waals surface area contributed by atoms with Crippen LogP contribution in [0, 0.1) is 6.92 Å². The van der Waals surface area contributed by atoms with Gasteiger partial charge in [0.15, 0.2) is 5.78 Å². The smallest absolute Gasteiger partial charge is 0.198 e. The average Bonchev–Trinajstić information content (AvgIpc) is 2.47. The van der Waals surface area contributed by atoms with Crippen LogP contribution in [-0.4, -0.2) is 12.4 Å². The van der Waals surface area contributed by atoms with Crippen molar-refractivity contribution in [3.8, 4) is 5.75 Å². The molecular formula is C17H19NO2. The molecule has 0 fully saturated rings. The number of hydrogen-bond donors (Lipinski definition) is 1. The van der Waals surface area contributed by atoms with Crippen LogP contribution in [0.5, 0.6) is 5.75 Å². The monoisotopic (exact) mass is 269 g/mol. The summed E-state index contributed by atoms with van der Waals surface area (Å²) in [4.78, 5) is 12.6. The third-order valence-corrected chi connectivity index (χ3v) is 3.05. The second-order valence-corrected chi connectivity index (χ2v) is 4.76. The van der Waals surface area contributed by atoms with Gasteiger partial charge in [0.1, 0.15) is 5.75 Å². The summed E-state index contributed by atoms with van der Waals surface area (Å²) in [5, 5.41) is 0. The molecule has 0 radical (unpaired) electrons. The standard InChI is InChI=1S/C17H19NO2/c1-3-10-20-16-7-5-4-6-13(16)17(19)14-11-12(2)8-9-15(14)18/h4-9,11H,3,10,18H2,1-2H3. The topological polar surface area (TPSA) is 52.3 Å². The van der Waals surface area contributed by atoms with Gasteiger partial charge < -0.3 is 10.5 Å². The van der Waals surface area contributed by atoms with E-state index in [0.29, 0.717) is 29.2 Å². The normalized spacial score (nSPS) is 10.3. The molecule has 0 aliphatic rings. The Morgan fingerprint density at radius 1 is 1.15 bits per heavy atom. The summed E-state index contributed by atoms with van der Waals surface area (Å²) in [5.41, 5.74) is 8.50. The lowest BCUT2D eigenvalue weighted by molar-refractivity contribution is 0.103. The molecule has 2 aromatic carbocycles. The number of ether oxygens (including phenoxy) is 1. The van der Waals surface area contributed by atoms with Gasteiger partial charge in [0.2, 0.25) is 0 Å². The van der Waals surface area contributed by atoms with Gasteiger partial charge >= 0.3 is 0 Å². The molecule has 0 aliphatic heterocycles. The van der Waals surface area contributed by atoms with E-state index in [1.807, 2.05) is 44.2 Å². The van der Waals surface area contributed by atoms with Crippen LogP contribution >= 0.6 is 0 Å². The minimum absolute atomic E-state index is 0.0992. The van der Waals surface area contributed by atoms with Crippen LogP contribution in [0.15, 0.2) is 42.5 Å². The van der Waals surface area contributed by atoms with Gasteiger partial charge in [-0.25, -0.2) is 0 Å². The molecule has 0 aromatic heterocycles. The molecule has 3 heteroatoms. The van der Waals surface area contributed by atoms with E-state index in [1.165, 1.54) is 0 Å². The Kier molecular flexibility index (Phi) is 4.41. The molecule has 0 atom stereocenters. The third kappa shape index (κ3) is 2.99. The Labute approximate surface area is 119 Å². The SMILES string of the molecule is CCCOc1ccccc1C(=O)c1cc(C)ccc1N. The van der Waals surface area contributed by atoms with Gasteiger partial charge in [0.25, 0.3) is 0 Å². The van der Waals surface area contributed by atoms with Crippen LogP contribution in [0.4, 0.5) is 5.69 Å². The van der Waals surface area contributed by atoms with Gasteiger partial charge in [-0.05, 0) is 37.6 Å². The number of nitrogens with two attached hydrogens (primary N) is 1. The van der Waals surface area contributed by atoms with Gasteiger partial charge in [-0.1, -0.05) is 30.7 Å². The van der Waals surface area contributed by atoms with Crippen molar-refractivity contribution < 1.29 is 9.53 Å². The molecule has 0 amide bonds. The number of carbonyl (C=O) groups excluding carboxylic acids is 1. The Balaban J connectivity index is 2.40. The summed E-state index contributed by atoms with van der Waals surface area (Å²) in [6, 6.07) is 12.8. The molecule has 20 heavy (non-hydrogen) atoms. The van der Waals surface area contributed by atoms with Crippen molar-refractivity contribution in [1.29, 1.82) is 0 Å². The maximum absolute atomic E-state index is 12.6. The average molecular weight is 269 g/mol. The van der Waals surface area contributed by atoms with Crippen molar-refractivity contribution in [2.24, 2.45) is 0 Å². The van der Waals surface area contributed by atoms with E-state index in [-0.39, 0.29) is 5.78 Å². The molecule has 0 aliphatic carbocycles. The molecule has 2 rings (SSSR count). The lowest BCUT2D eigenvalue weighted by Crippen LogP contribution is -2.08. The lowest BCUT2D eigenvalue weighted by atomic mass is 9.99. The fourth-order valence-corrected chi connectivity index (χ4v) is 2.00. The zero-order valence-corrected chi connectivity index (χ0v) is 11.8. The zero-order chi connectivity index (χ0) is 14.5. The number of ketones is 1. The molecule has 0 bridgehead atoms. The Morgan fingerprint density at radius 2 is 1.90 bits per heavy atom. The van der Waals surface area contributed by atoms with Crippen molar-refractivity contribution >= 4 is 11.5 Å². The highest BCUT2D eigenvalue weighted by Gasteiger charge is 2.16. The Hall–Kier alpha value is -2.29. The molecule has 0 spiro atoms. The predicted molar refractivity (Wildman–Crippen MR) is 81.3 cm³/mol. The molecule has 0 heterocycles.